The minimum atomic E-state index is -1.16. The van der Waals surface area contributed by atoms with Gasteiger partial charge in [-0.25, -0.2) is 0 Å². The number of amides is 4. The number of rotatable bonds is 20. The summed E-state index contributed by atoms with van der Waals surface area (Å²) in [5.74, 6) is -0.528. The Balaban J connectivity index is 1.02. The van der Waals surface area contributed by atoms with Gasteiger partial charge >= 0.3 is 7.69 Å². The van der Waals surface area contributed by atoms with E-state index in [-0.39, 0.29) is 31.3 Å². The summed E-state index contributed by atoms with van der Waals surface area (Å²) in [6.45, 7) is 1.85. The fourth-order valence-corrected chi connectivity index (χ4v) is 9.25. The van der Waals surface area contributed by atoms with Crippen LogP contribution < -0.4 is 32.7 Å². The molecule has 12 nitrogen and oxygen atoms in total. The molecule has 298 valence electrons. The molecule has 2 unspecified atom stereocenters. The number of carbonyl (C=O) groups excluding carboxylic acids is 4. The van der Waals surface area contributed by atoms with Crippen LogP contribution in [0.1, 0.15) is 99.3 Å². The zero-order chi connectivity index (χ0) is 38.7. The highest BCUT2D eigenvalue weighted by Crippen LogP contribution is 2.40. The summed E-state index contributed by atoms with van der Waals surface area (Å²) in [7, 11) is -0.228. The Bertz CT molecular complexity index is 1460. The van der Waals surface area contributed by atoms with E-state index in [1.807, 2.05) is 24.3 Å². The van der Waals surface area contributed by atoms with Gasteiger partial charge in [0.2, 0.25) is 23.6 Å². The lowest BCUT2D eigenvalue weighted by atomic mass is 9.83. The van der Waals surface area contributed by atoms with Crippen molar-refractivity contribution < 1.29 is 28.5 Å². The Morgan fingerprint density at radius 2 is 0.945 bits per heavy atom. The lowest BCUT2D eigenvalue weighted by Crippen LogP contribution is -2.54. The summed E-state index contributed by atoms with van der Waals surface area (Å²) in [6, 6.07) is 16.8. The van der Waals surface area contributed by atoms with Crippen LogP contribution in [0.5, 0.6) is 0 Å². The molecule has 55 heavy (non-hydrogen) atoms. The molecule has 0 bridgehead atoms. The summed E-state index contributed by atoms with van der Waals surface area (Å²) in [5.41, 5.74) is 14.7. The van der Waals surface area contributed by atoms with E-state index >= 15 is 0 Å². The SMILES string of the molecule is NCCCC(NC(=O)C1(C(=O)NCC2Cc3ccccc3C2)CCCC1)OBOC(CCCN)NC(=O)C1(C(=O)NCC2Cc3ccccc3C2)CCCC1. The van der Waals surface area contributed by atoms with E-state index in [2.05, 4.69) is 45.5 Å². The highest BCUT2D eigenvalue weighted by Gasteiger charge is 2.50. The largest absolute Gasteiger partial charge is 0.441 e. The van der Waals surface area contributed by atoms with Gasteiger partial charge in [0.25, 0.3) is 0 Å². The van der Waals surface area contributed by atoms with Crippen LogP contribution in [0.3, 0.4) is 0 Å². The molecule has 0 spiro atoms. The maximum atomic E-state index is 13.9. The van der Waals surface area contributed by atoms with Crippen molar-refractivity contribution in [3.05, 3.63) is 70.8 Å². The monoisotopic (exact) mass is 756 g/mol. The van der Waals surface area contributed by atoms with Gasteiger partial charge in [-0.1, -0.05) is 74.2 Å². The lowest BCUT2D eigenvalue weighted by Gasteiger charge is -2.31. The Kier molecular flexibility index (Phi) is 14.4. The van der Waals surface area contributed by atoms with Gasteiger partial charge in [-0.2, -0.15) is 0 Å². The molecule has 4 amide bonds. The molecule has 2 aromatic carbocycles. The zero-order valence-electron chi connectivity index (χ0n) is 32.4. The summed E-state index contributed by atoms with van der Waals surface area (Å²) in [5, 5.41) is 12.3. The summed E-state index contributed by atoms with van der Waals surface area (Å²) < 4.78 is 12.2. The van der Waals surface area contributed by atoms with Crippen molar-refractivity contribution in [2.75, 3.05) is 26.2 Å². The molecule has 13 heteroatoms. The molecule has 2 aromatic rings. The van der Waals surface area contributed by atoms with E-state index in [1.54, 1.807) is 0 Å². The molecule has 0 heterocycles. The Morgan fingerprint density at radius 3 is 1.27 bits per heavy atom. The van der Waals surface area contributed by atoms with E-state index in [9.17, 15) is 19.2 Å². The number of fused-ring (bicyclic) bond motifs is 2. The third-order valence-corrected chi connectivity index (χ3v) is 12.5. The van der Waals surface area contributed by atoms with Crippen molar-refractivity contribution in [3.63, 3.8) is 0 Å². The van der Waals surface area contributed by atoms with Crippen molar-refractivity contribution in [2.24, 2.45) is 34.1 Å². The maximum absolute atomic E-state index is 13.9. The fraction of sp³-hybridized carbons (Fsp3) is 0.619. The predicted molar refractivity (Wildman–Crippen MR) is 212 cm³/mol. The number of nitrogens with two attached hydrogens (primary N) is 2. The molecule has 8 N–H and O–H groups in total. The molecule has 2 fully saturated rings. The van der Waals surface area contributed by atoms with Crippen molar-refractivity contribution in [2.45, 2.75) is 115 Å². The summed E-state index contributed by atoms with van der Waals surface area (Å²) in [6.07, 6.45) is 9.31. The minimum Gasteiger partial charge on any atom is -0.393 e. The predicted octanol–water partition coefficient (Wildman–Crippen LogP) is 2.83. The van der Waals surface area contributed by atoms with Gasteiger partial charge in [-0.3, -0.25) is 19.2 Å². The van der Waals surface area contributed by atoms with Gasteiger partial charge in [0, 0.05) is 13.1 Å². The second kappa shape index (κ2) is 19.4. The zero-order valence-corrected chi connectivity index (χ0v) is 32.4. The molecule has 2 atom stereocenters. The molecule has 4 aliphatic rings. The van der Waals surface area contributed by atoms with E-state index in [0.29, 0.717) is 89.4 Å². The lowest BCUT2D eigenvalue weighted by molar-refractivity contribution is -0.146. The van der Waals surface area contributed by atoms with Crippen LogP contribution in [0.2, 0.25) is 0 Å². The highest BCUT2D eigenvalue weighted by atomic mass is 16.6. The minimum absolute atomic E-state index is 0.227. The van der Waals surface area contributed by atoms with Crippen molar-refractivity contribution in [3.8, 4) is 0 Å². The molecular weight excluding hydrogens is 695 g/mol. The number of hydrogen-bond donors (Lipinski definition) is 6. The number of nitrogens with one attached hydrogen (secondary N) is 4. The van der Waals surface area contributed by atoms with Crippen molar-refractivity contribution in [1.82, 2.24) is 21.3 Å². The van der Waals surface area contributed by atoms with Gasteiger partial charge in [-0.15, -0.1) is 0 Å². The van der Waals surface area contributed by atoms with Crippen LogP contribution >= 0.6 is 0 Å². The van der Waals surface area contributed by atoms with E-state index in [0.717, 1.165) is 51.4 Å². The van der Waals surface area contributed by atoms with Crippen LogP contribution in [-0.4, -0.2) is 69.9 Å². The van der Waals surface area contributed by atoms with Gasteiger partial charge in [0.05, 0.1) is 0 Å². The highest BCUT2D eigenvalue weighted by molar-refractivity contribution is 6.18. The first-order chi connectivity index (χ1) is 26.8. The van der Waals surface area contributed by atoms with E-state index < -0.39 is 23.3 Å². The second-order valence-corrected chi connectivity index (χ2v) is 16.3. The molecule has 0 saturated heterocycles. The molecular formula is C42H61BN6O6. The Morgan fingerprint density at radius 1 is 0.600 bits per heavy atom. The fourth-order valence-electron chi connectivity index (χ4n) is 9.25. The smallest absolute Gasteiger partial charge is 0.393 e. The van der Waals surface area contributed by atoms with Gasteiger partial charge in [-0.05, 0) is 124 Å². The summed E-state index contributed by atoms with van der Waals surface area (Å²) in [4.78, 5) is 55.4. The van der Waals surface area contributed by atoms with Gasteiger partial charge < -0.3 is 42.0 Å². The number of hydrogen-bond acceptors (Lipinski definition) is 8. The quantitative estimate of drug-likeness (QED) is 0.0677. The average Bonchev–Trinajstić information content (AvgIpc) is 4.03. The molecule has 0 aliphatic heterocycles. The van der Waals surface area contributed by atoms with Crippen LogP contribution in [-0.2, 0) is 54.2 Å². The topological polar surface area (TPSA) is 187 Å². The normalized spacial score (nSPS) is 19.6. The van der Waals surface area contributed by atoms with Crippen molar-refractivity contribution in [1.29, 1.82) is 0 Å². The van der Waals surface area contributed by atoms with Crippen LogP contribution in [0.4, 0.5) is 0 Å². The van der Waals surface area contributed by atoms with Gasteiger partial charge in [0.15, 0.2) is 0 Å². The molecule has 4 aliphatic carbocycles. The molecule has 2 saturated carbocycles. The average molecular weight is 757 g/mol. The van der Waals surface area contributed by atoms with Crippen LogP contribution in [0.25, 0.3) is 0 Å². The first kappa shape index (κ1) is 40.9. The van der Waals surface area contributed by atoms with Gasteiger partial charge in [0.1, 0.15) is 23.3 Å². The van der Waals surface area contributed by atoms with E-state index in [4.69, 9.17) is 20.8 Å². The molecule has 0 aromatic heterocycles. The summed E-state index contributed by atoms with van der Waals surface area (Å²) >= 11 is 0. The molecule has 6 rings (SSSR count). The Hall–Kier alpha value is -3.78. The third-order valence-electron chi connectivity index (χ3n) is 12.5. The molecule has 0 radical (unpaired) electrons. The van der Waals surface area contributed by atoms with Crippen LogP contribution in [0, 0.1) is 22.7 Å². The number of carbonyl (C=O) groups is 4. The van der Waals surface area contributed by atoms with Crippen LogP contribution in [0.15, 0.2) is 48.5 Å². The maximum Gasteiger partial charge on any atom is 0.441 e. The third kappa shape index (κ3) is 9.97. The first-order valence-corrected chi connectivity index (χ1v) is 20.7. The number of benzene rings is 2. The Labute approximate surface area is 326 Å². The second-order valence-electron chi connectivity index (χ2n) is 16.3. The standard InChI is InChI=1S/C42H61BN6O6/c44-21-9-15-35(48-39(52)41(17-5-6-18-41)37(50)46-27-29-23-31-11-1-2-12-32(31)24-29)54-43-55-36(16-10-22-45)49-40(53)42(19-7-8-20-42)38(51)47-28-30-25-33-13-3-4-14-34(33)26-30/h1-4,11-14,29-30,35-36,43H,5-10,15-28,44-45H2,(H,46,50)(H,47,51)(H,48,52)(H,49,53). The first-order valence-electron chi connectivity index (χ1n) is 20.7. The van der Waals surface area contributed by atoms with Crippen molar-refractivity contribution >= 4 is 31.3 Å². The van der Waals surface area contributed by atoms with E-state index in [1.165, 1.54) is 22.3 Å².